The standard InChI is InChI=1S/C30H37FN4O2S/c1-20(12-13-22-8-4-3-5-9-22)32-29(36)19-38-30-34-33-28(18-37-27-11-7-6-10-26(27)31)35(30)21(2)25-17-23-14-15-24(25)16-23/h3-11,20-21,23-25H,12-19H2,1-2H3,(H,32,36)/t20-,21+,23+,24+,25-/m1/s1. The number of rotatable bonds is 12. The van der Waals surface area contributed by atoms with Gasteiger partial charge in [0.25, 0.3) is 0 Å². The fourth-order valence-corrected chi connectivity index (χ4v) is 7.09. The molecule has 1 amide bonds. The molecule has 5 rings (SSSR count). The molecule has 2 fully saturated rings. The van der Waals surface area contributed by atoms with Gasteiger partial charge in [0.2, 0.25) is 5.91 Å². The minimum atomic E-state index is -0.396. The van der Waals surface area contributed by atoms with Crippen LogP contribution < -0.4 is 10.1 Å². The zero-order valence-electron chi connectivity index (χ0n) is 22.2. The number of thioether (sulfide) groups is 1. The second-order valence-corrected chi connectivity index (χ2v) is 11.8. The fourth-order valence-electron chi connectivity index (χ4n) is 6.24. The summed E-state index contributed by atoms with van der Waals surface area (Å²) in [5, 5.41) is 12.7. The van der Waals surface area contributed by atoms with Crippen LogP contribution in [0.4, 0.5) is 4.39 Å². The molecule has 0 unspecified atom stereocenters. The van der Waals surface area contributed by atoms with E-state index in [2.05, 4.69) is 39.1 Å². The Morgan fingerprint density at radius 1 is 1.11 bits per heavy atom. The van der Waals surface area contributed by atoms with Crippen molar-refractivity contribution in [1.29, 1.82) is 0 Å². The molecule has 1 N–H and O–H groups in total. The normalized spacial score (nSPS) is 21.8. The van der Waals surface area contributed by atoms with Crippen LogP contribution in [0, 0.1) is 23.6 Å². The van der Waals surface area contributed by atoms with Crippen molar-refractivity contribution >= 4 is 17.7 Å². The Morgan fingerprint density at radius 3 is 2.63 bits per heavy atom. The summed E-state index contributed by atoms with van der Waals surface area (Å²) in [4.78, 5) is 12.8. The van der Waals surface area contributed by atoms with E-state index >= 15 is 0 Å². The minimum absolute atomic E-state index is 0.0122. The first-order valence-corrected chi connectivity index (χ1v) is 14.7. The lowest BCUT2D eigenvalue weighted by atomic mass is 9.84. The Kier molecular flexibility index (Phi) is 8.67. The summed E-state index contributed by atoms with van der Waals surface area (Å²) in [6.07, 6.45) is 6.97. The maximum atomic E-state index is 14.2. The van der Waals surface area contributed by atoms with Crippen LogP contribution in [-0.4, -0.2) is 32.5 Å². The number of carbonyl (C=O) groups is 1. The van der Waals surface area contributed by atoms with Crippen LogP contribution in [0.25, 0.3) is 0 Å². The number of amides is 1. The number of nitrogens with one attached hydrogen (secondary N) is 1. The van der Waals surface area contributed by atoms with Gasteiger partial charge in [0.05, 0.1) is 5.75 Å². The summed E-state index contributed by atoms with van der Waals surface area (Å²) >= 11 is 1.41. The number of nitrogens with zero attached hydrogens (tertiary/aromatic N) is 3. The molecule has 2 aliphatic carbocycles. The number of hydrogen-bond acceptors (Lipinski definition) is 5. The van der Waals surface area contributed by atoms with Gasteiger partial charge in [-0.15, -0.1) is 10.2 Å². The van der Waals surface area contributed by atoms with E-state index in [1.807, 2.05) is 25.1 Å². The number of ether oxygens (including phenoxy) is 1. The van der Waals surface area contributed by atoms with Gasteiger partial charge in [0, 0.05) is 12.1 Å². The lowest BCUT2D eigenvalue weighted by molar-refractivity contribution is -0.119. The third-order valence-corrected chi connectivity index (χ3v) is 9.14. The van der Waals surface area contributed by atoms with Crippen LogP contribution >= 0.6 is 11.8 Å². The number of fused-ring (bicyclic) bond motifs is 2. The van der Waals surface area contributed by atoms with E-state index in [4.69, 9.17) is 4.74 Å². The molecular weight excluding hydrogens is 499 g/mol. The summed E-state index contributed by atoms with van der Waals surface area (Å²) in [6, 6.07) is 17.0. The van der Waals surface area contributed by atoms with Gasteiger partial charge in [-0.2, -0.15) is 0 Å². The van der Waals surface area contributed by atoms with Gasteiger partial charge in [-0.1, -0.05) is 60.6 Å². The first-order valence-electron chi connectivity index (χ1n) is 13.7. The summed E-state index contributed by atoms with van der Waals surface area (Å²) in [5.41, 5.74) is 1.27. The molecule has 0 aliphatic heterocycles. The van der Waals surface area contributed by atoms with Crippen LogP contribution in [-0.2, 0) is 17.8 Å². The number of aromatic nitrogens is 3. The second kappa shape index (κ2) is 12.3. The number of benzene rings is 2. The highest BCUT2D eigenvalue weighted by Crippen LogP contribution is 2.52. The molecule has 2 saturated carbocycles. The smallest absolute Gasteiger partial charge is 0.230 e. The van der Waals surface area contributed by atoms with E-state index < -0.39 is 5.82 Å². The molecule has 0 spiro atoms. The zero-order chi connectivity index (χ0) is 26.5. The van der Waals surface area contributed by atoms with Crippen molar-refractivity contribution in [1.82, 2.24) is 20.1 Å². The maximum absolute atomic E-state index is 14.2. The van der Waals surface area contributed by atoms with Crippen molar-refractivity contribution in [3.8, 4) is 5.75 Å². The van der Waals surface area contributed by atoms with Crippen molar-refractivity contribution in [2.75, 3.05) is 5.75 Å². The number of aryl methyl sites for hydroxylation is 1. The maximum Gasteiger partial charge on any atom is 0.230 e. The molecule has 1 heterocycles. The first kappa shape index (κ1) is 26.7. The molecule has 5 atom stereocenters. The molecule has 2 bridgehead atoms. The number of halogens is 1. The molecule has 2 aliphatic rings. The van der Waals surface area contributed by atoms with Gasteiger partial charge in [0.15, 0.2) is 22.5 Å². The second-order valence-electron chi connectivity index (χ2n) is 10.8. The summed E-state index contributed by atoms with van der Waals surface area (Å²) in [6.45, 7) is 4.41. The number of carbonyl (C=O) groups excluding carboxylic acids is 1. The van der Waals surface area contributed by atoms with E-state index in [1.54, 1.807) is 18.2 Å². The topological polar surface area (TPSA) is 69.0 Å². The van der Waals surface area contributed by atoms with E-state index in [0.29, 0.717) is 11.7 Å². The highest BCUT2D eigenvalue weighted by atomic mass is 32.2. The molecule has 0 saturated heterocycles. The predicted molar refractivity (Wildman–Crippen MR) is 147 cm³/mol. The highest BCUT2D eigenvalue weighted by Gasteiger charge is 2.43. The lowest BCUT2D eigenvalue weighted by Crippen LogP contribution is -2.34. The van der Waals surface area contributed by atoms with Crippen molar-refractivity contribution in [3.63, 3.8) is 0 Å². The monoisotopic (exact) mass is 536 g/mol. The molecule has 1 aromatic heterocycles. The van der Waals surface area contributed by atoms with Crippen molar-refractivity contribution in [2.24, 2.45) is 17.8 Å². The molecule has 8 heteroatoms. The molecule has 38 heavy (non-hydrogen) atoms. The van der Waals surface area contributed by atoms with Crippen LogP contribution in [0.5, 0.6) is 5.75 Å². The third-order valence-electron chi connectivity index (χ3n) is 8.20. The van der Waals surface area contributed by atoms with Crippen LogP contribution in [0.2, 0.25) is 0 Å². The molecule has 6 nitrogen and oxygen atoms in total. The van der Waals surface area contributed by atoms with E-state index in [9.17, 15) is 9.18 Å². The van der Waals surface area contributed by atoms with Crippen LogP contribution in [0.15, 0.2) is 59.8 Å². The summed E-state index contributed by atoms with van der Waals surface area (Å²) in [5.74, 6) is 2.84. The minimum Gasteiger partial charge on any atom is -0.483 e. The fraction of sp³-hybridized carbons (Fsp3) is 0.500. The Balaban J connectivity index is 1.23. The Hall–Kier alpha value is -2.87. The zero-order valence-corrected chi connectivity index (χ0v) is 23.0. The first-order chi connectivity index (χ1) is 18.5. The predicted octanol–water partition coefficient (Wildman–Crippen LogP) is 6.22. The summed E-state index contributed by atoms with van der Waals surface area (Å²) < 4.78 is 22.1. The van der Waals surface area contributed by atoms with E-state index in [1.165, 1.54) is 49.1 Å². The molecule has 3 aromatic rings. The largest absolute Gasteiger partial charge is 0.483 e. The quantitative estimate of drug-likeness (QED) is 0.278. The van der Waals surface area contributed by atoms with Gasteiger partial charge in [-0.25, -0.2) is 4.39 Å². The average molecular weight is 537 g/mol. The molecule has 2 aromatic carbocycles. The number of hydrogen-bond donors (Lipinski definition) is 1. The Morgan fingerprint density at radius 2 is 1.89 bits per heavy atom. The molecule has 202 valence electrons. The average Bonchev–Trinajstić information content (AvgIpc) is 3.67. The van der Waals surface area contributed by atoms with Crippen molar-refractivity contribution in [2.45, 2.75) is 76.2 Å². The van der Waals surface area contributed by atoms with E-state index in [0.717, 1.165) is 29.8 Å². The molecular formula is C30H37FN4O2S. The van der Waals surface area contributed by atoms with Gasteiger partial charge in [0.1, 0.15) is 6.61 Å². The van der Waals surface area contributed by atoms with Gasteiger partial charge in [-0.3, -0.25) is 9.36 Å². The van der Waals surface area contributed by atoms with Gasteiger partial charge in [-0.05, 0) is 81.4 Å². The summed E-state index contributed by atoms with van der Waals surface area (Å²) in [7, 11) is 0. The van der Waals surface area contributed by atoms with Crippen molar-refractivity contribution < 1.29 is 13.9 Å². The lowest BCUT2D eigenvalue weighted by Gasteiger charge is -2.30. The van der Waals surface area contributed by atoms with Gasteiger partial charge >= 0.3 is 0 Å². The van der Waals surface area contributed by atoms with Crippen LogP contribution in [0.1, 0.15) is 63.4 Å². The number of para-hydroxylation sites is 1. The van der Waals surface area contributed by atoms with E-state index in [-0.39, 0.29) is 36.1 Å². The van der Waals surface area contributed by atoms with Gasteiger partial charge < -0.3 is 10.1 Å². The third kappa shape index (κ3) is 6.40. The van der Waals surface area contributed by atoms with Crippen molar-refractivity contribution in [3.05, 3.63) is 71.8 Å². The van der Waals surface area contributed by atoms with Crippen LogP contribution in [0.3, 0.4) is 0 Å². The SMILES string of the molecule is C[C@H](CCc1ccccc1)NC(=O)CSc1nnc(COc2ccccc2F)n1[C@@H](C)[C@H]1C[C@H]2CC[C@H]1C2. The highest BCUT2D eigenvalue weighted by molar-refractivity contribution is 7.99. The Labute approximate surface area is 228 Å². The molecule has 0 radical (unpaired) electrons. The Bertz CT molecular complexity index is 1220.